The summed E-state index contributed by atoms with van der Waals surface area (Å²) in [5.74, 6) is -0.431. The van der Waals surface area contributed by atoms with E-state index in [1.165, 1.54) is 22.7 Å². The maximum atomic E-state index is 12.2. The minimum absolute atomic E-state index is 0.0486. The first kappa shape index (κ1) is 17.3. The number of hydrogen-bond acceptors (Lipinski definition) is 5. The van der Waals surface area contributed by atoms with E-state index in [2.05, 4.69) is 4.99 Å². The molecular formula is C17H13ClN2O4S. The van der Waals surface area contributed by atoms with E-state index in [0.29, 0.717) is 32.2 Å². The number of aliphatic imine (C=N–C) groups is 1. The highest BCUT2D eigenvalue weighted by atomic mass is 35.5. The van der Waals surface area contributed by atoms with Crippen molar-refractivity contribution in [1.29, 1.82) is 0 Å². The van der Waals surface area contributed by atoms with Gasteiger partial charge in [-0.25, -0.2) is 4.79 Å². The lowest BCUT2D eigenvalue weighted by Gasteiger charge is -2.05. The van der Waals surface area contributed by atoms with Crippen LogP contribution >= 0.6 is 23.4 Å². The molecule has 0 aliphatic carbocycles. The van der Waals surface area contributed by atoms with Crippen LogP contribution < -0.4 is 0 Å². The van der Waals surface area contributed by atoms with Gasteiger partial charge in [-0.1, -0.05) is 11.6 Å². The van der Waals surface area contributed by atoms with Crippen molar-refractivity contribution in [1.82, 2.24) is 4.90 Å². The second kappa shape index (κ2) is 6.78. The molecule has 0 spiro atoms. The van der Waals surface area contributed by atoms with Crippen molar-refractivity contribution in [3.8, 4) is 11.3 Å². The maximum Gasteiger partial charge on any atom is 0.336 e. The van der Waals surface area contributed by atoms with Crippen LogP contribution in [0.25, 0.3) is 17.4 Å². The second-order valence-electron chi connectivity index (χ2n) is 5.18. The van der Waals surface area contributed by atoms with E-state index in [0.717, 1.165) is 0 Å². The number of hydrogen-bond donors (Lipinski definition) is 1. The molecular weight excluding hydrogens is 364 g/mol. The van der Waals surface area contributed by atoms with Gasteiger partial charge in [0.05, 0.1) is 10.5 Å². The number of benzene rings is 1. The molecule has 25 heavy (non-hydrogen) atoms. The van der Waals surface area contributed by atoms with Gasteiger partial charge in [0.1, 0.15) is 11.5 Å². The quantitative estimate of drug-likeness (QED) is 0.823. The predicted octanol–water partition coefficient (Wildman–Crippen LogP) is 3.83. The molecule has 1 aliphatic heterocycles. The Kier molecular flexibility index (Phi) is 4.69. The highest BCUT2D eigenvalue weighted by Gasteiger charge is 2.30. The van der Waals surface area contributed by atoms with Crippen LogP contribution in [-0.4, -0.2) is 41.1 Å². The highest BCUT2D eigenvalue weighted by molar-refractivity contribution is 8.18. The number of amides is 1. The summed E-state index contributed by atoms with van der Waals surface area (Å²) in [7, 11) is 3.27. The van der Waals surface area contributed by atoms with E-state index in [9.17, 15) is 14.7 Å². The number of rotatable bonds is 3. The number of halogens is 1. The molecule has 6 nitrogen and oxygen atoms in total. The summed E-state index contributed by atoms with van der Waals surface area (Å²) in [5, 5.41) is 10.3. The Labute approximate surface area is 152 Å². The number of thioether (sulfide) groups is 1. The Bertz CT molecular complexity index is 932. The molecule has 3 rings (SSSR count). The van der Waals surface area contributed by atoms with Crippen LogP contribution in [0.3, 0.4) is 0 Å². The van der Waals surface area contributed by atoms with Crippen LogP contribution in [0.5, 0.6) is 0 Å². The molecule has 0 radical (unpaired) electrons. The summed E-state index contributed by atoms with van der Waals surface area (Å²) in [6.45, 7) is 0. The van der Waals surface area contributed by atoms with Crippen molar-refractivity contribution in [2.24, 2.45) is 4.99 Å². The molecule has 2 heterocycles. The first-order chi connectivity index (χ1) is 11.9. The van der Waals surface area contributed by atoms with Crippen molar-refractivity contribution in [3.05, 3.63) is 51.6 Å². The molecule has 1 saturated heterocycles. The van der Waals surface area contributed by atoms with Gasteiger partial charge in [0.2, 0.25) is 0 Å². The van der Waals surface area contributed by atoms with Gasteiger partial charge in [-0.05, 0) is 42.1 Å². The third-order valence-electron chi connectivity index (χ3n) is 3.57. The Morgan fingerprint density at radius 2 is 2.12 bits per heavy atom. The molecule has 1 amide bonds. The van der Waals surface area contributed by atoms with Gasteiger partial charge in [-0.15, -0.1) is 0 Å². The van der Waals surface area contributed by atoms with Gasteiger partial charge < -0.3 is 9.52 Å². The van der Waals surface area contributed by atoms with E-state index in [1.807, 2.05) is 0 Å². The van der Waals surface area contributed by atoms with E-state index in [-0.39, 0.29) is 11.5 Å². The SMILES string of the molecule is CN=C1S/C(=C\c2ccc(-c3ccc(Cl)cc3C(=O)O)o2)C(=O)N1C. The van der Waals surface area contributed by atoms with Gasteiger partial charge in [-0.3, -0.25) is 14.7 Å². The molecule has 0 unspecified atom stereocenters. The Hall–Kier alpha value is -2.51. The van der Waals surface area contributed by atoms with E-state index in [1.54, 1.807) is 44.4 Å². The van der Waals surface area contributed by atoms with Gasteiger partial charge in [0, 0.05) is 30.8 Å². The zero-order valence-corrected chi connectivity index (χ0v) is 14.9. The average Bonchev–Trinajstić information content (AvgIpc) is 3.15. The van der Waals surface area contributed by atoms with Gasteiger partial charge in [-0.2, -0.15) is 0 Å². The lowest BCUT2D eigenvalue weighted by atomic mass is 10.1. The third kappa shape index (κ3) is 3.33. The first-order valence-corrected chi connectivity index (χ1v) is 8.37. The van der Waals surface area contributed by atoms with E-state index in [4.69, 9.17) is 16.0 Å². The summed E-state index contributed by atoms with van der Waals surface area (Å²) < 4.78 is 5.71. The maximum absolute atomic E-state index is 12.2. The van der Waals surface area contributed by atoms with Crippen molar-refractivity contribution in [3.63, 3.8) is 0 Å². The largest absolute Gasteiger partial charge is 0.478 e. The van der Waals surface area contributed by atoms with Crippen LogP contribution in [0.2, 0.25) is 5.02 Å². The van der Waals surface area contributed by atoms with Crippen molar-refractivity contribution in [2.75, 3.05) is 14.1 Å². The molecule has 0 atom stereocenters. The molecule has 8 heteroatoms. The average molecular weight is 377 g/mol. The number of nitrogens with zero attached hydrogens (tertiary/aromatic N) is 2. The second-order valence-corrected chi connectivity index (χ2v) is 6.62. The Morgan fingerprint density at radius 3 is 2.76 bits per heavy atom. The van der Waals surface area contributed by atoms with Gasteiger partial charge in [0.25, 0.3) is 5.91 Å². The topological polar surface area (TPSA) is 83.1 Å². The number of carbonyl (C=O) groups excluding carboxylic acids is 1. The summed E-state index contributed by atoms with van der Waals surface area (Å²) in [6, 6.07) is 7.89. The highest BCUT2D eigenvalue weighted by Crippen LogP contribution is 2.33. The number of likely N-dealkylation sites (N-methyl/N-ethyl adjacent to an activating group) is 1. The standard InChI is InChI=1S/C17H13ClN2O4S/c1-19-17-20(2)15(21)14(25-17)8-10-4-6-13(24-10)11-5-3-9(18)7-12(11)16(22)23/h3-8H,1-2H3,(H,22,23)/b14-8-,19-17?. The normalized spacial score (nSPS) is 17.7. The fourth-order valence-corrected chi connectivity index (χ4v) is 3.44. The molecule has 128 valence electrons. The molecule has 1 fully saturated rings. The molecule has 1 N–H and O–H groups in total. The zero-order chi connectivity index (χ0) is 18.1. The van der Waals surface area contributed by atoms with Crippen LogP contribution in [0, 0.1) is 0 Å². The van der Waals surface area contributed by atoms with Crippen LogP contribution in [0.4, 0.5) is 0 Å². The molecule has 0 saturated carbocycles. The monoisotopic (exact) mass is 376 g/mol. The number of carbonyl (C=O) groups is 2. The van der Waals surface area contributed by atoms with Crippen molar-refractivity contribution in [2.45, 2.75) is 0 Å². The number of carboxylic acids is 1. The number of aromatic carboxylic acids is 1. The summed E-state index contributed by atoms with van der Waals surface area (Å²) >= 11 is 7.12. The predicted molar refractivity (Wildman–Crippen MR) is 97.8 cm³/mol. The molecule has 1 aliphatic rings. The third-order valence-corrected chi connectivity index (χ3v) is 4.96. The minimum atomic E-state index is -1.10. The van der Waals surface area contributed by atoms with Crippen LogP contribution in [0.1, 0.15) is 16.1 Å². The van der Waals surface area contributed by atoms with Crippen LogP contribution in [-0.2, 0) is 4.79 Å². The lowest BCUT2D eigenvalue weighted by molar-refractivity contribution is -0.121. The molecule has 2 aromatic rings. The fourth-order valence-electron chi connectivity index (χ4n) is 2.36. The number of furan rings is 1. The summed E-state index contributed by atoms with van der Waals surface area (Å²) in [5.41, 5.74) is 0.465. The van der Waals surface area contributed by atoms with Crippen molar-refractivity contribution < 1.29 is 19.1 Å². The van der Waals surface area contributed by atoms with Crippen molar-refractivity contribution >= 4 is 46.5 Å². The first-order valence-electron chi connectivity index (χ1n) is 7.18. The van der Waals surface area contributed by atoms with Gasteiger partial charge in [0.15, 0.2) is 5.17 Å². The molecule has 1 aromatic heterocycles. The number of carboxylic acid groups (broad SMARTS) is 1. The summed E-state index contributed by atoms with van der Waals surface area (Å²) in [6.07, 6.45) is 1.61. The van der Waals surface area contributed by atoms with E-state index < -0.39 is 5.97 Å². The Morgan fingerprint density at radius 1 is 1.36 bits per heavy atom. The fraction of sp³-hybridized carbons (Fsp3) is 0.118. The number of amidine groups is 1. The lowest BCUT2D eigenvalue weighted by Crippen LogP contribution is -2.23. The molecule has 1 aromatic carbocycles. The Balaban J connectivity index is 1.96. The summed E-state index contributed by atoms with van der Waals surface area (Å²) in [4.78, 5) is 29.5. The van der Waals surface area contributed by atoms with E-state index >= 15 is 0 Å². The van der Waals surface area contributed by atoms with Crippen LogP contribution in [0.15, 0.2) is 44.6 Å². The minimum Gasteiger partial charge on any atom is -0.478 e. The van der Waals surface area contributed by atoms with Gasteiger partial charge >= 0.3 is 5.97 Å². The molecule has 0 bridgehead atoms. The smallest absolute Gasteiger partial charge is 0.336 e. The zero-order valence-electron chi connectivity index (χ0n) is 13.3.